The van der Waals surface area contributed by atoms with Crippen molar-refractivity contribution in [3.05, 3.63) is 0 Å². The van der Waals surface area contributed by atoms with Gasteiger partial charge in [0.15, 0.2) is 0 Å². The number of unbranched alkanes of at least 4 members (excludes halogenated alkanes) is 5. The smallest absolute Gasteiger partial charge is 0.256 e. The Balaban J connectivity index is 3.21. The van der Waals surface area contributed by atoms with E-state index in [1.165, 1.54) is 32.1 Å². The molecule has 0 aliphatic rings. The molecule has 0 aliphatic heterocycles. The summed E-state index contributed by atoms with van der Waals surface area (Å²) in [5.74, 6) is 0. The molecule has 0 heterocycles. The molecule has 0 amide bonds. The number of rotatable bonds is 9. The molecule has 0 aliphatic carbocycles. The van der Waals surface area contributed by atoms with Crippen molar-refractivity contribution in [2.24, 2.45) is 0 Å². The zero-order valence-corrected chi connectivity index (χ0v) is 11.9. The summed E-state index contributed by atoms with van der Waals surface area (Å²) in [5.41, 5.74) is 0. The van der Waals surface area contributed by atoms with Crippen LogP contribution in [0.25, 0.3) is 0 Å². The molecule has 0 spiro atoms. The predicted octanol–water partition coefficient (Wildman–Crippen LogP) is 4.04. The Morgan fingerprint density at radius 3 is 2.38 bits per heavy atom. The van der Waals surface area contributed by atoms with E-state index in [1.54, 1.807) is 0 Å². The van der Waals surface area contributed by atoms with Crippen LogP contribution in [0.3, 0.4) is 0 Å². The van der Waals surface area contributed by atoms with Gasteiger partial charge in [0.1, 0.15) is 0 Å². The molecule has 0 radical (unpaired) electrons. The van der Waals surface area contributed by atoms with E-state index in [0.717, 1.165) is 19.4 Å². The standard InChI is InChI=1S/C13H27NOS/c1-4-6-7-8-9-10-11-15-13(16)14-12(3)5-2/h12H,4-11H2,1-3H3,(H,14,16). The van der Waals surface area contributed by atoms with Gasteiger partial charge in [-0.1, -0.05) is 46.0 Å². The van der Waals surface area contributed by atoms with Gasteiger partial charge in [-0.15, -0.1) is 0 Å². The van der Waals surface area contributed by atoms with E-state index in [1.807, 2.05) is 0 Å². The fourth-order valence-electron chi connectivity index (χ4n) is 1.39. The van der Waals surface area contributed by atoms with Gasteiger partial charge >= 0.3 is 0 Å². The van der Waals surface area contributed by atoms with Crippen molar-refractivity contribution in [2.75, 3.05) is 6.61 Å². The largest absolute Gasteiger partial charge is 0.471 e. The van der Waals surface area contributed by atoms with E-state index >= 15 is 0 Å². The minimum absolute atomic E-state index is 0.414. The van der Waals surface area contributed by atoms with E-state index in [-0.39, 0.29) is 0 Å². The first-order valence-corrected chi connectivity index (χ1v) is 7.04. The van der Waals surface area contributed by atoms with Crippen molar-refractivity contribution in [1.29, 1.82) is 0 Å². The van der Waals surface area contributed by atoms with Crippen molar-refractivity contribution in [1.82, 2.24) is 5.32 Å². The van der Waals surface area contributed by atoms with Crippen molar-refractivity contribution in [2.45, 2.75) is 71.8 Å². The summed E-state index contributed by atoms with van der Waals surface area (Å²) in [6.45, 7) is 7.24. The Morgan fingerprint density at radius 2 is 1.75 bits per heavy atom. The second kappa shape index (κ2) is 11.2. The van der Waals surface area contributed by atoms with Gasteiger partial charge in [0, 0.05) is 6.04 Å². The van der Waals surface area contributed by atoms with Gasteiger partial charge in [-0.25, -0.2) is 0 Å². The van der Waals surface area contributed by atoms with Crippen molar-refractivity contribution in [3.63, 3.8) is 0 Å². The van der Waals surface area contributed by atoms with Gasteiger partial charge in [0.2, 0.25) is 0 Å². The highest BCUT2D eigenvalue weighted by Gasteiger charge is 2.01. The second-order valence-electron chi connectivity index (χ2n) is 4.36. The lowest BCUT2D eigenvalue weighted by Crippen LogP contribution is -2.32. The van der Waals surface area contributed by atoms with Crippen LogP contribution in [0.2, 0.25) is 0 Å². The summed E-state index contributed by atoms with van der Waals surface area (Å²) in [5, 5.41) is 3.71. The molecule has 1 unspecified atom stereocenters. The van der Waals surface area contributed by atoms with Gasteiger partial charge < -0.3 is 10.1 Å². The quantitative estimate of drug-likeness (QED) is 0.489. The summed E-state index contributed by atoms with van der Waals surface area (Å²) in [4.78, 5) is 0. The maximum atomic E-state index is 5.44. The van der Waals surface area contributed by atoms with Crippen LogP contribution in [0.15, 0.2) is 0 Å². The minimum atomic E-state index is 0.414. The molecule has 1 N–H and O–H groups in total. The third-order valence-corrected chi connectivity index (χ3v) is 2.94. The number of thiocarbonyl (C=S) groups is 1. The van der Waals surface area contributed by atoms with Gasteiger partial charge in [0.25, 0.3) is 5.17 Å². The predicted molar refractivity (Wildman–Crippen MR) is 74.8 cm³/mol. The highest BCUT2D eigenvalue weighted by atomic mass is 32.1. The van der Waals surface area contributed by atoms with Crippen LogP contribution in [-0.2, 0) is 4.74 Å². The summed E-state index contributed by atoms with van der Waals surface area (Å²) >= 11 is 5.08. The Hall–Kier alpha value is -0.310. The highest BCUT2D eigenvalue weighted by Crippen LogP contribution is 2.04. The zero-order chi connectivity index (χ0) is 12.2. The lowest BCUT2D eigenvalue weighted by Gasteiger charge is -2.14. The number of nitrogens with one attached hydrogen (secondary N) is 1. The van der Waals surface area contributed by atoms with Crippen LogP contribution in [0.5, 0.6) is 0 Å². The molecule has 2 nitrogen and oxygen atoms in total. The molecule has 0 rings (SSSR count). The number of hydrogen-bond acceptors (Lipinski definition) is 2. The number of hydrogen-bond donors (Lipinski definition) is 1. The summed E-state index contributed by atoms with van der Waals surface area (Å²) in [6.07, 6.45) is 8.78. The molecule has 3 heteroatoms. The summed E-state index contributed by atoms with van der Waals surface area (Å²) < 4.78 is 5.44. The van der Waals surface area contributed by atoms with Gasteiger partial charge in [-0.3, -0.25) is 0 Å². The fourth-order valence-corrected chi connectivity index (χ4v) is 1.68. The normalized spacial score (nSPS) is 12.2. The zero-order valence-electron chi connectivity index (χ0n) is 11.1. The third-order valence-electron chi connectivity index (χ3n) is 2.71. The molecular weight excluding hydrogens is 218 g/mol. The van der Waals surface area contributed by atoms with E-state index < -0.39 is 0 Å². The van der Waals surface area contributed by atoms with Crippen LogP contribution < -0.4 is 5.32 Å². The Kier molecular flexibility index (Phi) is 11.0. The fraction of sp³-hybridized carbons (Fsp3) is 0.923. The molecule has 0 saturated heterocycles. The molecule has 0 aromatic heterocycles. The summed E-state index contributed by atoms with van der Waals surface area (Å²) in [6, 6.07) is 0.414. The van der Waals surface area contributed by atoms with Crippen LogP contribution in [0, 0.1) is 0 Å². The first kappa shape index (κ1) is 15.7. The van der Waals surface area contributed by atoms with E-state index in [0.29, 0.717) is 11.2 Å². The number of ether oxygens (including phenoxy) is 1. The average Bonchev–Trinajstić information content (AvgIpc) is 2.27. The molecule has 0 aromatic rings. The highest BCUT2D eigenvalue weighted by molar-refractivity contribution is 7.80. The SMILES string of the molecule is CCCCCCCCOC(=S)NC(C)CC. The molecule has 1 atom stereocenters. The van der Waals surface area contributed by atoms with Gasteiger partial charge in [0.05, 0.1) is 6.61 Å². The Morgan fingerprint density at radius 1 is 1.12 bits per heavy atom. The maximum Gasteiger partial charge on any atom is 0.256 e. The lowest BCUT2D eigenvalue weighted by atomic mass is 10.1. The molecule has 0 fully saturated rings. The van der Waals surface area contributed by atoms with E-state index in [4.69, 9.17) is 17.0 Å². The molecular formula is C13H27NOS. The molecule has 0 bridgehead atoms. The van der Waals surface area contributed by atoms with Crippen LogP contribution in [0.1, 0.15) is 65.7 Å². The van der Waals surface area contributed by atoms with Crippen molar-refractivity contribution < 1.29 is 4.74 Å². The van der Waals surface area contributed by atoms with Crippen molar-refractivity contribution >= 4 is 17.4 Å². The molecule has 96 valence electrons. The van der Waals surface area contributed by atoms with Crippen LogP contribution in [-0.4, -0.2) is 17.8 Å². The average molecular weight is 245 g/mol. The topological polar surface area (TPSA) is 21.3 Å². The minimum Gasteiger partial charge on any atom is -0.471 e. The Bertz CT molecular complexity index is 173. The Labute approximate surface area is 106 Å². The monoisotopic (exact) mass is 245 g/mol. The molecule has 16 heavy (non-hydrogen) atoms. The van der Waals surface area contributed by atoms with Crippen molar-refractivity contribution in [3.8, 4) is 0 Å². The van der Waals surface area contributed by atoms with Crippen LogP contribution >= 0.6 is 12.2 Å². The van der Waals surface area contributed by atoms with Gasteiger partial charge in [-0.05, 0) is 32.0 Å². The lowest BCUT2D eigenvalue weighted by molar-refractivity contribution is 0.282. The molecule has 0 saturated carbocycles. The summed E-state index contributed by atoms with van der Waals surface area (Å²) in [7, 11) is 0. The first-order chi connectivity index (χ1) is 7.70. The second-order valence-corrected chi connectivity index (χ2v) is 4.73. The van der Waals surface area contributed by atoms with Gasteiger partial charge in [-0.2, -0.15) is 0 Å². The van der Waals surface area contributed by atoms with E-state index in [9.17, 15) is 0 Å². The van der Waals surface area contributed by atoms with Crippen LogP contribution in [0.4, 0.5) is 0 Å². The molecule has 0 aromatic carbocycles. The maximum absolute atomic E-state index is 5.44. The first-order valence-electron chi connectivity index (χ1n) is 6.64. The third kappa shape index (κ3) is 10.2. The van der Waals surface area contributed by atoms with E-state index in [2.05, 4.69) is 26.1 Å².